The van der Waals surface area contributed by atoms with Gasteiger partial charge in [0.25, 0.3) is 5.91 Å². The molecule has 0 bridgehead atoms. The van der Waals surface area contributed by atoms with E-state index in [2.05, 4.69) is 27.8 Å². The standard InChI is InChI=1S/C17H21N5O4/c1-11-4-2-3-5-13(11)19-17(25)20-15(23)9-26-16(24)12-6-7-14-21-18-10-22(14)8-12/h6-8,10-11,13H,2-5,9H2,1H3,(H2,19,20,23,25). The quantitative estimate of drug-likeness (QED) is 0.795. The molecule has 3 amide bonds. The van der Waals surface area contributed by atoms with E-state index in [1.165, 1.54) is 18.6 Å². The maximum Gasteiger partial charge on any atom is 0.340 e. The molecule has 0 radical (unpaired) electrons. The number of aromatic nitrogens is 3. The van der Waals surface area contributed by atoms with E-state index in [1.807, 2.05) is 0 Å². The molecule has 3 rings (SSSR count). The molecule has 0 saturated heterocycles. The van der Waals surface area contributed by atoms with Crippen LogP contribution >= 0.6 is 0 Å². The van der Waals surface area contributed by atoms with E-state index in [4.69, 9.17) is 4.74 Å². The van der Waals surface area contributed by atoms with Crippen molar-refractivity contribution in [2.45, 2.75) is 38.6 Å². The second-order valence-corrected chi connectivity index (χ2v) is 6.48. The van der Waals surface area contributed by atoms with E-state index in [0.717, 1.165) is 25.7 Å². The normalized spacial score (nSPS) is 19.7. The van der Waals surface area contributed by atoms with Crippen LogP contribution in [0.3, 0.4) is 0 Å². The highest BCUT2D eigenvalue weighted by Crippen LogP contribution is 2.23. The lowest BCUT2D eigenvalue weighted by Crippen LogP contribution is -2.48. The van der Waals surface area contributed by atoms with Gasteiger partial charge in [0, 0.05) is 12.2 Å². The van der Waals surface area contributed by atoms with E-state index >= 15 is 0 Å². The monoisotopic (exact) mass is 359 g/mol. The maximum atomic E-state index is 12.0. The Labute approximate surface area is 150 Å². The number of hydrogen-bond donors (Lipinski definition) is 2. The first-order valence-corrected chi connectivity index (χ1v) is 8.60. The number of carbonyl (C=O) groups is 3. The third-order valence-corrected chi connectivity index (χ3v) is 4.54. The Kier molecular flexibility index (Phi) is 5.45. The van der Waals surface area contributed by atoms with Crippen molar-refractivity contribution in [3.63, 3.8) is 0 Å². The molecule has 2 atom stereocenters. The average molecular weight is 359 g/mol. The van der Waals surface area contributed by atoms with Gasteiger partial charge in [-0.25, -0.2) is 9.59 Å². The summed E-state index contributed by atoms with van der Waals surface area (Å²) in [5, 5.41) is 12.5. The van der Waals surface area contributed by atoms with Crippen LogP contribution in [0.25, 0.3) is 5.65 Å². The fourth-order valence-electron chi connectivity index (χ4n) is 3.06. The Morgan fingerprint density at radius 1 is 1.27 bits per heavy atom. The van der Waals surface area contributed by atoms with Crippen molar-refractivity contribution < 1.29 is 19.1 Å². The van der Waals surface area contributed by atoms with Gasteiger partial charge in [-0.05, 0) is 30.9 Å². The van der Waals surface area contributed by atoms with Crippen LogP contribution in [0.2, 0.25) is 0 Å². The number of imide groups is 1. The summed E-state index contributed by atoms with van der Waals surface area (Å²) in [6.45, 7) is 1.55. The topological polar surface area (TPSA) is 115 Å². The highest BCUT2D eigenvalue weighted by Gasteiger charge is 2.23. The lowest BCUT2D eigenvalue weighted by atomic mass is 9.86. The van der Waals surface area contributed by atoms with Gasteiger partial charge in [0.05, 0.1) is 5.56 Å². The number of carbonyl (C=O) groups excluding carboxylic acids is 3. The first-order valence-electron chi connectivity index (χ1n) is 8.60. The molecular weight excluding hydrogens is 338 g/mol. The third-order valence-electron chi connectivity index (χ3n) is 4.54. The summed E-state index contributed by atoms with van der Waals surface area (Å²) in [5.74, 6) is -0.961. The van der Waals surface area contributed by atoms with E-state index in [-0.39, 0.29) is 11.6 Å². The first kappa shape index (κ1) is 17.8. The van der Waals surface area contributed by atoms with Gasteiger partial charge in [0.1, 0.15) is 6.33 Å². The summed E-state index contributed by atoms with van der Waals surface area (Å²) >= 11 is 0. The molecule has 1 aliphatic carbocycles. The van der Waals surface area contributed by atoms with E-state index in [0.29, 0.717) is 11.6 Å². The second kappa shape index (κ2) is 7.94. The summed E-state index contributed by atoms with van der Waals surface area (Å²) in [5.41, 5.74) is 0.846. The summed E-state index contributed by atoms with van der Waals surface area (Å²) in [6.07, 6.45) is 7.16. The molecule has 2 aromatic rings. The smallest absolute Gasteiger partial charge is 0.340 e. The molecule has 26 heavy (non-hydrogen) atoms. The third kappa shape index (κ3) is 4.35. The van der Waals surface area contributed by atoms with Crippen LogP contribution < -0.4 is 10.6 Å². The number of amides is 3. The molecule has 0 spiro atoms. The molecule has 0 aromatic carbocycles. The van der Waals surface area contributed by atoms with Gasteiger partial charge < -0.3 is 10.1 Å². The van der Waals surface area contributed by atoms with Gasteiger partial charge in [0.15, 0.2) is 12.3 Å². The van der Waals surface area contributed by atoms with Gasteiger partial charge in [-0.3, -0.25) is 14.5 Å². The number of ether oxygens (including phenoxy) is 1. The Balaban J connectivity index is 1.45. The van der Waals surface area contributed by atoms with Crippen molar-refractivity contribution in [2.75, 3.05) is 6.61 Å². The average Bonchev–Trinajstić information content (AvgIpc) is 3.09. The number of pyridine rings is 1. The van der Waals surface area contributed by atoms with Crippen LogP contribution in [0, 0.1) is 5.92 Å². The van der Waals surface area contributed by atoms with Crippen molar-refractivity contribution in [3.8, 4) is 0 Å². The molecule has 2 aromatic heterocycles. The zero-order valence-corrected chi connectivity index (χ0v) is 14.5. The van der Waals surface area contributed by atoms with Crippen molar-refractivity contribution in [2.24, 2.45) is 5.92 Å². The van der Waals surface area contributed by atoms with Crippen LogP contribution in [-0.4, -0.2) is 45.2 Å². The van der Waals surface area contributed by atoms with Gasteiger partial charge in [0.2, 0.25) is 0 Å². The Morgan fingerprint density at radius 3 is 2.88 bits per heavy atom. The fourth-order valence-corrected chi connectivity index (χ4v) is 3.06. The first-order chi connectivity index (χ1) is 12.5. The number of rotatable bonds is 4. The molecule has 9 nitrogen and oxygen atoms in total. The van der Waals surface area contributed by atoms with Gasteiger partial charge in [-0.15, -0.1) is 10.2 Å². The number of nitrogens with one attached hydrogen (secondary N) is 2. The summed E-state index contributed by atoms with van der Waals surface area (Å²) in [4.78, 5) is 35.7. The summed E-state index contributed by atoms with van der Waals surface area (Å²) in [7, 11) is 0. The predicted octanol–water partition coefficient (Wildman–Crippen LogP) is 1.29. The van der Waals surface area contributed by atoms with Crippen molar-refractivity contribution >= 4 is 23.6 Å². The van der Waals surface area contributed by atoms with Crippen molar-refractivity contribution in [1.29, 1.82) is 0 Å². The highest BCUT2D eigenvalue weighted by molar-refractivity contribution is 5.97. The predicted molar refractivity (Wildman–Crippen MR) is 91.4 cm³/mol. The molecule has 0 aliphatic heterocycles. The molecule has 2 heterocycles. The van der Waals surface area contributed by atoms with Crippen LogP contribution in [0.5, 0.6) is 0 Å². The fraction of sp³-hybridized carbons (Fsp3) is 0.471. The van der Waals surface area contributed by atoms with Gasteiger partial charge >= 0.3 is 12.0 Å². The minimum Gasteiger partial charge on any atom is -0.452 e. The summed E-state index contributed by atoms with van der Waals surface area (Å²) in [6, 6.07) is 2.65. The maximum absolute atomic E-state index is 12.0. The minimum atomic E-state index is -0.676. The molecule has 1 saturated carbocycles. The minimum absolute atomic E-state index is 0.0645. The molecule has 2 N–H and O–H groups in total. The Bertz CT molecular complexity index is 818. The number of esters is 1. The lowest BCUT2D eigenvalue weighted by Gasteiger charge is -2.29. The van der Waals surface area contributed by atoms with Crippen molar-refractivity contribution in [3.05, 3.63) is 30.2 Å². The van der Waals surface area contributed by atoms with Gasteiger partial charge in [-0.2, -0.15) is 0 Å². The van der Waals surface area contributed by atoms with Crippen LogP contribution in [0.4, 0.5) is 4.79 Å². The Hall–Kier alpha value is -2.97. The lowest BCUT2D eigenvalue weighted by molar-refractivity contribution is -0.123. The van der Waals surface area contributed by atoms with E-state index in [9.17, 15) is 14.4 Å². The number of urea groups is 1. The van der Waals surface area contributed by atoms with Crippen LogP contribution in [0.15, 0.2) is 24.7 Å². The number of hydrogen-bond acceptors (Lipinski definition) is 6. The SMILES string of the molecule is CC1CCCCC1NC(=O)NC(=O)COC(=O)c1ccc2nncn2c1. The molecule has 9 heteroatoms. The molecular formula is C17H21N5O4. The number of fused-ring (bicyclic) bond motifs is 1. The molecule has 138 valence electrons. The van der Waals surface area contributed by atoms with Crippen LogP contribution in [0.1, 0.15) is 43.0 Å². The largest absolute Gasteiger partial charge is 0.452 e. The summed E-state index contributed by atoms with van der Waals surface area (Å²) < 4.78 is 6.51. The van der Waals surface area contributed by atoms with Crippen molar-refractivity contribution in [1.82, 2.24) is 25.2 Å². The zero-order valence-electron chi connectivity index (χ0n) is 14.5. The zero-order chi connectivity index (χ0) is 18.5. The Morgan fingerprint density at radius 2 is 2.08 bits per heavy atom. The number of nitrogens with zero attached hydrogens (tertiary/aromatic N) is 3. The van der Waals surface area contributed by atoms with E-state index in [1.54, 1.807) is 10.5 Å². The van der Waals surface area contributed by atoms with Crippen LogP contribution in [-0.2, 0) is 9.53 Å². The molecule has 1 fully saturated rings. The second-order valence-electron chi connectivity index (χ2n) is 6.48. The molecule has 2 unspecified atom stereocenters. The highest BCUT2D eigenvalue weighted by atomic mass is 16.5. The molecule has 1 aliphatic rings. The van der Waals surface area contributed by atoms with Gasteiger partial charge in [-0.1, -0.05) is 19.8 Å². The van der Waals surface area contributed by atoms with E-state index < -0.39 is 24.5 Å².